The third-order valence-electron chi connectivity index (χ3n) is 7.51. The first-order valence-corrected chi connectivity index (χ1v) is 17.4. The number of hydrogen-bond donors (Lipinski definition) is 0. The van der Waals surface area contributed by atoms with E-state index in [1.807, 2.05) is 19.9 Å². The fraction of sp³-hybridized carbons (Fsp3) is 0.679. The van der Waals surface area contributed by atoms with Gasteiger partial charge in [0.25, 0.3) is 10.1 Å². The SMILES string of the molecule is Cc1ccc(S(=O)(=O)OCC(C)C2C/C=C/C[C@H](C)C(O[Si](C)(C)C(C)(C)C)CCCC(=O)O2)cc1. The van der Waals surface area contributed by atoms with Crippen molar-refractivity contribution in [3.05, 3.63) is 42.0 Å². The summed E-state index contributed by atoms with van der Waals surface area (Å²) in [6.45, 7) is 17.2. The van der Waals surface area contributed by atoms with Gasteiger partial charge in [-0.1, -0.05) is 64.5 Å². The molecule has 1 aliphatic heterocycles. The summed E-state index contributed by atoms with van der Waals surface area (Å²) in [6, 6.07) is 6.55. The topological polar surface area (TPSA) is 78.9 Å². The summed E-state index contributed by atoms with van der Waals surface area (Å²) in [5.74, 6) is -0.209. The lowest BCUT2D eigenvalue weighted by Gasteiger charge is -2.41. The summed E-state index contributed by atoms with van der Waals surface area (Å²) in [6.07, 6.45) is 7.05. The van der Waals surface area contributed by atoms with Crippen LogP contribution in [0.4, 0.5) is 0 Å². The highest BCUT2D eigenvalue weighted by atomic mass is 32.2. The van der Waals surface area contributed by atoms with Gasteiger partial charge >= 0.3 is 5.97 Å². The maximum Gasteiger partial charge on any atom is 0.306 e. The van der Waals surface area contributed by atoms with E-state index in [1.165, 1.54) is 12.1 Å². The van der Waals surface area contributed by atoms with Crippen LogP contribution in [0, 0.1) is 18.8 Å². The van der Waals surface area contributed by atoms with Crippen LogP contribution in [-0.2, 0) is 28.3 Å². The average Bonchev–Trinajstić information content (AvgIpc) is 2.77. The number of hydrogen-bond acceptors (Lipinski definition) is 6. The zero-order chi connectivity index (χ0) is 27.1. The standard InChI is InChI=1S/C28H46O6SSi/c1-21-16-18-24(19-17-21)35(30,31)32-20-23(3)25-13-10-9-12-22(2)26(14-11-15-27(29)33-25)34-36(7,8)28(4,5)6/h9-10,16-19,22-23,25-26H,11-15,20H2,1-8H3/b10-9+/t22-,23?,25?,26?/m0/s1. The van der Waals surface area contributed by atoms with E-state index in [1.54, 1.807) is 12.1 Å². The van der Waals surface area contributed by atoms with Gasteiger partial charge in [-0.05, 0) is 62.4 Å². The van der Waals surface area contributed by atoms with Gasteiger partial charge in [0.15, 0.2) is 8.32 Å². The molecule has 0 saturated heterocycles. The van der Waals surface area contributed by atoms with E-state index in [2.05, 4.69) is 46.9 Å². The molecule has 4 atom stereocenters. The quantitative estimate of drug-likeness (QED) is 0.164. The molecule has 0 aliphatic carbocycles. The van der Waals surface area contributed by atoms with Crippen LogP contribution in [0.1, 0.15) is 72.3 Å². The molecule has 0 amide bonds. The molecule has 0 bridgehead atoms. The molecule has 1 aromatic carbocycles. The molecule has 0 saturated carbocycles. The fourth-order valence-electron chi connectivity index (χ4n) is 3.86. The molecule has 8 heteroatoms. The maximum absolute atomic E-state index is 12.7. The van der Waals surface area contributed by atoms with Crippen molar-refractivity contribution in [1.29, 1.82) is 0 Å². The van der Waals surface area contributed by atoms with E-state index in [4.69, 9.17) is 13.3 Å². The van der Waals surface area contributed by atoms with E-state index >= 15 is 0 Å². The van der Waals surface area contributed by atoms with Gasteiger partial charge in [0.2, 0.25) is 0 Å². The molecule has 2 rings (SSSR count). The molecule has 0 N–H and O–H groups in total. The lowest BCUT2D eigenvalue weighted by Crippen LogP contribution is -2.45. The van der Waals surface area contributed by atoms with Gasteiger partial charge in [0, 0.05) is 24.9 Å². The smallest absolute Gasteiger partial charge is 0.306 e. The Bertz CT molecular complexity index is 978. The van der Waals surface area contributed by atoms with Crippen molar-refractivity contribution < 1.29 is 26.6 Å². The second kappa shape index (κ2) is 12.8. The first kappa shape index (κ1) is 30.7. The van der Waals surface area contributed by atoms with E-state index in [-0.39, 0.29) is 34.5 Å². The molecule has 0 aromatic heterocycles. The Morgan fingerprint density at radius 2 is 1.72 bits per heavy atom. The monoisotopic (exact) mass is 538 g/mol. The fourth-order valence-corrected chi connectivity index (χ4v) is 6.32. The minimum atomic E-state index is -3.87. The molecule has 0 radical (unpaired) electrons. The number of benzene rings is 1. The van der Waals surface area contributed by atoms with Gasteiger partial charge in [0.1, 0.15) is 6.10 Å². The van der Waals surface area contributed by atoms with Crippen LogP contribution < -0.4 is 0 Å². The molecule has 6 nitrogen and oxygen atoms in total. The second-order valence-corrected chi connectivity index (χ2v) is 18.2. The number of aryl methyl sites for hydroxylation is 1. The molecule has 0 spiro atoms. The van der Waals surface area contributed by atoms with Crippen LogP contribution in [0.5, 0.6) is 0 Å². The summed E-state index contributed by atoms with van der Waals surface area (Å²) >= 11 is 0. The molecular weight excluding hydrogens is 492 g/mol. The number of allylic oxidation sites excluding steroid dienone is 1. The summed E-state index contributed by atoms with van der Waals surface area (Å²) < 4.78 is 43.0. The zero-order valence-electron chi connectivity index (χ0n) is 23.4. The first-order chi connectivity index (χ1) is 16.6. The summed E-state index contributed by atoms with van der Waals surface area (Å²) in [5.41, 5.74) is 0.974. The number of esters is 1. The third kappa shape index (κ3) is 9.12. The minimum Gasteiger partial charge on any atom is -0.462 e. The summed E-state index contributed by atoms with van der Waals surface area (Å²) in [7, 11) is -5.80. The Morgan fingerprint density at radius 1 is 1.11 bits per heavy atom. The van der Waals surface area contributed by atoms with Crippen LogP contribution in [0.15, 0.2) is 41.3 Å². The number of carbonyl (C=O) groups is 1. The summed E-state index contributed by atoms with van der Waals surface area (Å²) in [5, 5.41) is 0.129. The van der Waals surface area contributed by atoms with Gasteiger partial charge in [-0.3, -0.25) is 8.98 Å². The van der Waals surface area contributed by atoms with Crippen molar-refractivity contribution in [2.45, 2.75) is 109 Å². The number of ether oxygens (including phenoxy) is 1. The molecule has 3 unspecified atom stereocenters. The minimum absolute atomic E-state index is 0.0547. The Balaban J connectivity index is 2.04. The Labute approximate surface area is 220 Å². The number of cyclic esters (lactones) is 1. The lowest BCUT2D eigenvalue weighted by molar-refractivity contribution is -0.152. The van der Waals surface area contributed by atoms with Crippen molar-refractivity contribution in [3.8, 4) is 0 Å². The molecule has 1 heterocycles. The molecule has 1 aromatic rings. The van der Waals surface area contributed by atoms with Crippen LogP contribution in [0.2, 0.25) is 18.1 Å². The predicted octanol–water partition coefficient (Wildman–Crippen LogP) is 6.80. The van der Waals surface area contributed by atoms with Crippen LogP contribution in [0.25, 0.3) is 0 Å². The van der Waals surface area contributed by atoms with Crippen molar-refractivity contribution >= 4 is 24.4 Å². The van der Waals surface area contributed by atoms with Gasteiger partial charge < -0.3 is 9.16 Å². The highest BCUT2D eigenvalue weighted by Crippen LogP contribution is 2.39. The lowest BCUT2D eigenvalue weighted by atomic mass is 9.95. The van der Waals surface area contributed by atoms with Crippen LogP contribution >= 0.6 is 0 Å². The van der Waals surface area contributed by atoms with Gasteiger partial charge in [0.05, 0.1) is 11.5 Å². The largest absolute Gasteiger partial charge is 0.462 e. The van der Waals surface area contributed by atoms with Crippen molar-refractivity contribution in [3.63, 3.8) is 0 Å². The average molecular weight is 539 g/mol. The highest BCUT2D eigenvalue weighted by Gasteiger charge is 2.40. The van der Waals surface area contributed by atoms with Gasteiger partial charge in [-0.25, -0.2) is 0 Å². The van der Waals surface area contributed by atoms with E-state index in [9.17, 15) is 13.2 Å². The molecule has 0 fully saturated rings. The first-order valence-electron chi connectivity index (χ1n) is 13.1. The molecular formula is C28H46O6SSi. The normalized spacial score (nSPS) is 24.8. The van der Waals surface area contributed by atoms with Gasteiger partial charge in [-0.15, -0.1) is 0 Å². The van der Waals surface area contributed by atoms with E-state index in [0.717, 1.165) is 18.4 Å². The highest BCUT2D eigenvalue weighted by molar-refractivity contribution is 7.86. The van der Waals surface area contributed by atoms with Gasteiger partial charge in [-0.2, -0.15) is 8.42 Å². The zero-order valence-corrected chi connectivity index (χ0v) is 25.2. The Hall–Kier alpha value is -1.48. The van der Waals surface area contributed by atoms with Crippen molar-refractivity contribution in [1.82, 2.24) is 0 Å². The molecule has 36 heavy (non-hydrogen) atoms. The van der Waals surface area contributed by atoms with E-state index in [0.29, 0.717) is 25.2 Å². The molecule has 204 valence electrons. The van der Waals surface area contributed by atoms with E-state index < -0.39 is 24.5 Å². The number of rotatable bonds is 7. The van der Waals surface area contributed by atoms with Crippen molar-refractivity contribution in [2.75, 3.05) is 6.61 Å². The maximum atomic E-state index is 12.7. The molecule has 1 aliphatic rings. The second-order valence-electron chi connectivity index (χ2n) is 11.8. The number of carbonyl (C=O) groups excluding carboxylic acids is 1. The predicted molar refractivity (Wildman–Crippen MR) is 147 cm³/mol. The third-order valence-corrected chi connectivity index (χ3v) is 13.3. The van der Waals surface area contributed by atoms with Crippen LogP contribution in [0.3, 0.4) is 0 Å². The Kier molecular flexibility index (Phi) is 11.0. The Morgan fingerprint density at radius 3 is 2.33 bits per heavy atom. The van der Waals surface area contributed by atoms with Crippen molar-refractivity contribution in [2.24, 2.45) is 11.8 Å². The van der Waals surface area contributed by atoms with Crippen LogP contribution in [-0.4, -0.2) is 41.5 Å². The summed E-state index contributed by atoms with van der Waals surface area (Å²) in [4.78, 5) is 12.8.